The minimum absolute atomic E-state index is 0.199. The predicted octanol–water partition coefficient (Wildman–Crippen LogP) is 1.92. The number of rotatable bonds is 7. The first-order valence-electron chi connectivity index (χ1n) is 5.79. The molecule has 0 radical (unpaired) electrons. The number of methoxy groups -OCH3 is 1. The van der Waals surface area contributed by atoms with E-state index in [1.807, 2.05) is 24.3 Å². The molecule has 0 aliphatic rings. The van der Waals surface area contributed by atoms with Gasteiger partial charge in [-0.25, -0.2) is 0 Å². The van der Waals surface area contributed by atoms with Crippen molar-refractivity contribution in [1.29, 1.82) is 0 Å². The van der Waals surface area contributed by atoms with Crippen LogP contribution < -0.4 is 4.74 Å². The zero-order valence-corrected chi connectivity index (χ0v) is 13.2. The van der Waals surface area contributed by atoms with Crippen LogP contribution in [0.5, 0.6) is 5.75 Å². The van der Waals surface area contributed by atoms with Gasteiger partial charge in [0.15, 0.2) is 0 Å². The van der Waals surface area contributed by atoms with Crippen LogP contribution in [-0.4, -0.2) is 46.9 Å². The third kappa shape index (κ3) is 5.46. The number of hydrogen-bond donors (Lipinski definition) is 0. The molecule has 0 aliphatic heterocycles. The van der Waals surface area contributed by atoms with Crippen LogP contribution in [0.4, 0.5) is 0 Å². The van der Waals surface area contributed by atoms with Gasteiger partial charge in [-0.15, -0.1) is 0 Å². The van der Waals surface area contributed by atoms with Gasteiger partial charge in [-0.05, 0) is 0 Å². The van der Waals surface area contributed by atoms with E-state index < -0.39 is 20.9 Å². The number of allylic oxidation sites excluding steroid dienone is 1. The van der Waals surface area contributed by atoms with Gasteiger partial charge in [0.1, 0.15) is 0 Å². The summed E-state index contributed by atoms with van der Waals surface area (Å²) < 4.78 is 11.3. The van der Waals surface area contributed by atoms with Crippen molar-refractivity contribution in [2.75, 3.05) is 13.7 Å². The molecule has 102 valence electrons. The van der Waals surface area contributed by atoms with E-state index >= 15 is 0 Å². The van der Waals surface area contributed by atoms with Gasteiger partial charge in [0.2, 0.25) is 0 Å². The van der Waals surface area contributed by atoms with E-state index in [-0.39, 0.29) is 5.97 Å². The van der Waals surface area contributed by atoms with E-state index in [9.17, 15) is 9.59 Å². The van der Waals surface area contributed by atoms with Gasteiger partial charge in [0, 0.05) is 0 Å². The molecule has 0 N–H and O–H groups in total. The summed E-state index contributed by atoms with van der Waals surface area (Å²) >= 11 is -0.771. The molecule has 1 rings (SSSR count). The van der Waals surface area contributed by atoms with Gasteiger partial charge < -0.3 is 0 Å². The van der Waals surface area contributed by atoms with Gasteiger partial charge >= 0.3 is 123 Å². The fraction of sp³-hybridized carbons (Fsp3) is 0.286. The molecule has 0 aliphatic carbocycles. The Kier molecular flexibility index (Phi) is 7.24. The first-order valence-corrected chi connectivity index (χ1v) is 8.60. The second-order valence-electron chi connectivity index (χ2n) is 3.49. The minimum atomic E-state index is -0.771. The van der Waals surface area contributed by atoms with Gasteiger partial charge in [0.05, 0.1) is 0 Å². The molecule has 0 aromatic heterocycles. The summed E-state index contributed by atoms with van der Waals surface area (Å²) in [6.07, 6.45) is 2.29. The Hall–Kier alpha value is -1.31. The van der Waals surface area contributed by atoms with Crippen LogP contribution in [0.15, 0.2) is 30.3 Å². The Morgan fingerprint density at radius 3 is 2.53 bits per heavy atom. The zero-order valence-electron chi connectivity index (χ0n) is 10.9. The Morgan fingerprint density at radius 1 is 1.32 bits per heavy atom. The number of hydrogen-bond acceptors (Lipinski definition) is 4. The number of carbonyl (C=O) groups excluding carboxylic acids is 2. The van der Waals surface area contributed by atoms with Crippen molar-refractivity contribution in [1.82, 2.24) is 0 Å². The summed E-state index contributed by atoms with van der Waals surface area (Å²) in [5, 5.41) is 0. The molecule has 0 bridgehead atoms. The summed E-state index contributed by atoms with van der Waals surface area (Å²) in [6.45, 7) is 2.17. The van der Waals surface area contributed by atoms with Crippen molar-refractivity contribution in [3.05, 3.63) is 35.9 Å². The third-order valence-electron chi connectivity index (χ3n) is 2.24. The van der Waals surface area contributed by atoms with Crippen LogP contribution in [0.3, 0.4) is 0 Å². The molecule has 0 heterocycles. The molecule has 0 unspecified atom stereocenters. The van der Waals surface area contributed by atoms with Gasteiger partial charge in [-0.3, -0.25) is 0 Å². The van der Waals surface area contributed by atoms with E-state index in [4.69, 9.17) is 9.47 Å². The summed E-state index contributed by atoms with van der Waals surface area (Å²) in [4.78, 5) is 22.0. The van der Waals surface area contributed by atoms with Crippen LogP contribution >= 0.6 is 0 Å². The quantitative estimate of drug-likeness (QED) is 0.316. The zero-order chi connectivity index (χ0) is 14.1. The molecule has 5 heteroatoms. The maximum atomic E-state index is 11.4. The van der Waals surface area contributed by atoms with Crippen molar-refractivity contribution >= 4 is 36.8 Å². The molecular formula is C14H16O4Te. The first-order chi connectivity index (χ1) is 9.21. The SMILES string of the molecule is CCOC(=O)C[Te]/C(=C\C=O)c1ccc(OC)cc1. The van der Waals surface area contributed by atoms with E-state index in [0.717, 1.165) is 21.2 Å². The molecule has 1 aromatic carbocycles. The van der Waals surface area contributed by atoms with E-state index in [0.29, 0.717) is 11.1 Å². The topological polar surface area (TPSA) is 52.6 Å². The number of aldehydes is 1. The second-order valence-corrected chi connectivity index (χ2v) is 6.39. The molecule has 0 atom stereocenters. The van der Waals surface area contributed by atoms with Crippen molar-refractivity contribution < 1.29 is 19.1 Å². The average molecular weight is 376 g/mol. The van der Waals surface area contributed by atoms with Crippen LogP contribution in [0.25, 0.3) is 3.62 Å². The first kappa shape index (κ1) is 15.7. The van der Waals surface area contributed by atoms with Crippen molar-refractivity contribution in [3.8, 4) is 5.75 Å². The normalized spacial score (nSPS) is 10.9. The molecular weight excluding hydrogens is 360 g/mol. The molecule has 0 saturated carbocycles. The van der Waals surface area contributed by atoms with Crippen LogP contribution in [0, 0.1) is 0 Å². The van der Waals surface area contributed by atoms with Crippen molar-refractivity contribution in [2.24, 2.45) is 0 Å². The van der Waals surface area contributed by atoms with Crippen LogP contribution in [0.1, 0.15) is 12.5 Å². The summed E-state index contributed by atoms with van der Waals surface area (Å²) in [7, 11) is 1.60. The fourth-order valence-corrected chi connectivity index (χ4v) is 3.70. The van der Waals surface area contributed by atoms with Crippen molar-refractivity contribution in [3.63, 3.8) is 0 Å². The molecule has 1 aromatic rings. The van der Waals surface area contributed by atoms with E-state index in [1.54, 1.807) is 14.0 Å². The molecule has 4 nitrogen and oxygen atoms in total. The molecule has 0 amide bonds. The summed E-state index contributed by atoms with van der Waals surface area (Å²) in [6, 6.07) is 7.46. The number of benzene rings is 1. The fourth-order valence-electron chi connectivity index (χ4n) is 1.38. The predicted molar refractivity (Wildman–Crippen MR) is 74.2 cm³/mol. The van der Waals surface area contributed by atoms with E-state index in [2.05, 4.69) is 0 Å². The second kappa shape index (κ2) is 8.73. The van der Waals surface area contributed by atoms with Crippen LogP contribution in [0.2, 0.25) is 4.47 Å². The number of carbonyl (C=O) groups is 2. The Morgan fingerprint density at radius 2 is 2.00 bits per heavy atom. The van der Waals surface area contributed by atoms with Crippen LogP contribution in [-0.2, 0) is 14.3 Å². The molecule has 0 spiro atoms. The Balaban J connectivity index is 2.74. The molecule has 19 heavy (non-hydrogen) atoms. The summed E-state index contributed by atoms with van der Waals surface area (Å²) in [5.41, 5.74) is 0.958. The Bertz CT molecular complexity index is 451. The van der Waals surface area contributed by atoms with Crippen molar-refractivity contribution in [2.45, 2.75) is 11.4 Å². The molecule has 0 fully saturated rings. The monoisotopic (exact) mass is 378 g/mol. The molecule has 0 saturated heterocycles. The van der Waals surface area contributed by atoms with E-state index in [1.165, 1.54) is 6.08 Å². The average Bonchev–Trinajstić information content (AvgIpc) is 2.44. The third-order valence-corrected chi connectivity index (χ3v) is 5.28. The standard InChI is InChI=1S/C14H16O4Te/c1-3-18-14(16)10-19-13(8-9-15)11-4-6-12(17-2)7-5-11/h4-9H,3,10H2,1-2H3/b13-8-. The maximum absolute atomic E-state index is 11.4. The van der Waals surface area contributed by atoms with Gasteiger partial charge in [0.25, 0.3) is 0 Å². The van der Waals surface area contributed by atoms with Gasteiger partial charge in [-0.2, -0.15) is 0 Å². The summed E-state index contributed by atoms with van der Waals surface area (Å²) in [5.74, 6) is 0.565. The Labute approximate surface area is 122 Å². The number of esters is 1. The number of ether oxygens (including phenoxy) is 2. The van der Waals surface area contributed by atoms with Gasteiger partial charge in [-0.1, -0.05) is 0 Å².